The lowest BCUT2D eigenvalue weighted by atomic mass is 9.96. The van der Waals surface area contributed by atoms with E-state index in [9.17, 15) is 4.79 Å². The molecule has 0 atom stereocenters. The van der Waals surface area contributed by atoms with Gasteiger partial charge in [0.15, 0.2) is 0 Å². The van der Waals surface area contributed by atoms with Crippen molar-refractivity contribution in [2.24, 2.45) is 5.41 Å². The fourth-order valence-corrected chi connectivity index (χ4v) is 0.857. The Hall–Kier alpha value is -1.45. The Balaban J connectivity index is 2.46. The van der Waals surface area contributed by atoms with Crippen molar-refractivity contribution in [2.75, 3.05) is 0 Å². The third-order valence-corrected chi connectivity index (χ3v) is 1.73. The van der Waals surface area contributed by atoms with Gasteiger partial charge in [-0.25, -0.2) is 0 Å². The predicted octanol–water partition coefficient (Wildman–Crippen LogP) is 1.14. The van der Waals surface area contributed by atoms with E-state index in [0.717, 1.165) is 5.69 Å². The highest BCUT2D eigenvalue weighted by atomic mass is 16.2. The molecule has 0 radical (unpaired) electrons. The van der Waals surface area contributed by atoms with Crippen LogP contribution in [0.5, 0.6) is 0 Å². The summed E-state index contributed by atoms with van der Waals surface area (Å²) in [4.78, 5) is 19.4. The maximum atomic E-state index is 11.5. The molecule has 76 valence electrons. The van der Waals surface area contributed by atoms with E-state index in [4.69, 9.17) is 0 Å². The van der Waals surface area contributed by atoms with Crippen molar-refractivity contribution in [3.63, 3.8) is 0 Å². The topological polar surface area (TPSA) is 54.9 Å². The summed E-state index contributed by atoms with van der Waals surface area (Å²) in [5.74, 6) is 0.0168. The van der Waals surface area contributed by atoms with Crippen LogP contribution >= 0.6 is 0 Å². The second kappa shape index (κ2) is 4.17. The van der Waals surface area contributed by atoms with Crippen LogP contribution in [0.3, 0.4) is 0 Å². The van der Waals surface area contributed by atoms with Crippen LogP contribution in [-0.4, -0.2) is 15.9 Å². The summed E-state index contributed by atoms with van der Waals surface area (Å²) >= 11 is 0. The lowest BCUT2D eigenvalue weighted by molar-refractivity contribution is -0.128. The molecule has 1 aromatic rings. The molecule has 0 saturated heterocycles. The highest BCUT2D eigenvalue weighted by Crippen LogP contribution is 2.12. The van der Waals surface area contributed by atoms with Crippen LogP contribution in [0.4, 0.5) is 0 Å². The largest absolute Gasteiger partial charge is 0.350 e. The lowest BCUT2D eigenvalue weighted by Gasteiger charge is -2.17. The third-order valence-electron chi connectivity index (χ3n) is 1.73. The van der Waals surface area contributed by atoms with E-state index in [0.29, 0.717) is 6.54 Å². The molecule has 1 amide bonds. The van der Waals surface area contributed by atoms with Gasteiger partial charge in [-0.3, -0.25) is 14.8 Å². The van der Waals surface area contributed by atoms with Gasteiger partial charge in [0.05, 0.1) is 18.4 Å². The number of nitrogens with zero attached hydrogens (tertiary/aromatic N) is 2. The van der Waals surface area contributed by atoms with E-state index in [2.05, 4.69) is 15.3 Å². The number of rotatable bonds is 2. The molecule has 1 N–H and O–H groups in total. The van der Waals surface area contributed by atoms with Gasteiger partial charge in [0.2, 0.25) is 5.91 Å². The van der Waals surface area contributed by atoms with Gasteiger partial charge in [0, 0.05) is 17.8 Å². The quantitative estimate of drug-likeness (QED) is 0.766. The Bertz CT molecular complexity index is 303. The summed E-state index contributed by atoms with van der Waals surface area (Å²) in [6.45, 7) is 6.06. The molecule has 0 bridgehead atoms. The smallest absolute Gasteiger partial charge is 0.225 e. The molecule has 0 spiro atoms. The first kappa shape index (κ1) is 10.6. The number of aromatic nitrogens is 2. The van der Waals surface area contributed by atoms with Gasteiger partial charge in [-0.05, 0) is 0 Å². The molecule has 1 aromatic heterocycles. The average Bonchev–Trinajstić information content (AvgIpc) is 2.14. The predicted molar refractivity (Wildman–Crippen MR) is 53.3 cm³/mol. The van der Waals surface area contributed by atoms with Crippen molar-refractivity contribution >= 4 is 5.91 Å². The van der Waals surface area contributed by atoms with Crippen LogP contribution < -0.4 is 5.32 Å². The second-order valence-corrected chi connectivity index (χ2v) is 4.13. The average molecular weight is 193 g/mol. The molecule has 0 saturated carbocycles. The Labute approximate surface area is 83.8 Å². The van der Waals surface area contributed by atoms with E-state index >= 15 is 0 Å². The summed E-state index contributed by atoms with van der Waals surface area (Å²) < 4.78 is 0. The molecule has 0 fully saturated rings. The van der Waals surface area contributed by atoms with Gasteiger partial charge in [-0.15, -0.1) is 0 Å². The molecule has 0 unspecified atom stereocenters. The minimum atomic E-state index is -0.359. The number of hydrogen-bond donors (Lipinski definition) is 1. The van der Waals surface area contributed by atoms with Crippen molar-refractivity contribution in [1.29, 1.82) is 0 Å². The molecule has 0 aromatic carbocycles. The number of hydrogen-bond acceptors (Lipinski definition) is 3. The first-order chi connectivity index (χ1) is 6.50. The van der Waals surface area contributed by atoms with Gasteiger partial charge in [0.1, 0.15) is 0 Å². The van der Waals surface area contributed by atoms with Crippen molar-refractivity contribution in [2.45, 2.75) is 27.3 Å². The first-order valence-corrected chi connectivity index (χ1v) is 4.53. The maximum Gasteiger partial charge on any atom is 0.225 e. The van der Waals surface area contributed by atoms with Crippen LogP contribution in [0.15, 0.2) is 18.6 Å². The fourth-order valence-electron chi connectivity index (χ4n) is 0.857. The maximum absolute atomic E-state index is 11.5. The molecule has 1 rings (SSSR count). The molecular weight excluding hydrogens is 178 g/mol. The Morgan fingerprint density at radius 2 is 2.14 bits per heavy atom. The molecule has 4 nitrogen and oxygen atoms in total. The van der Waals surface area contributed by atoms with Crippen molar-refractivity contribution in [1.82, 2.24) is 15.3 Å². The van der Waals surface area contributed by atoms with Crippen molar-refractivity contribution in [3.05, 3.63) is 24.3 Å². The molecule has 0 aliphatic heterocycles. The number of nitrogens with one attached hydrogen (secondary N) is 1. The zero-order valence-corrected chi connectivity index (χ0v) is 8.74. The monoisotopic (exact) mass is 193 g/mol. The molecule has 0 aliphatic carbocycles. The van der Waals surface area contributed by atoms with Crippen LogP contribution in [0.1, 0.15) is 26.5 Å². The number of carbonyl (C=O) groups excluding carboxylic acids is 1. The molecule has 1 heterocycles. The molecule has 0 aliphatic rings. The zero-order valence-electron chi connectivity index (χ0n) is 8.74. The SMILES string of the molecule is CC(C)(C)C(=O)NCc1cnccn1. The van der Waals surface area contributed by atoms with Crippen molar-refractivity contribution < 1.29 is 4.79 Å². The Morgan fingerprint density at radius 1 is 1.43 bits per heavy atom. The summed E-state index contributed by atoms with van der Waals surface area (Å²) in [6, 6.07) is 0. The Kier molecular flexibility index (Phi) is 3.17. The minimum absolute atomic E-state index is 0.0168. The van der Waals surface area contributed by atoms with E-state index in [-0.39, 0.29) is 11.3 Å². The lowest BCUT2D eigenvalue weighted by Crippen LogP contribution is -2.34. The van der Waals surface area contributed by atoms with Crippen LogP contribution in [-0.2, 0) is 11.3 Å². The van der Waals surface area contributed by atoms with E-state index in [1.165, 1.54) is 0 Å². The standard InChI is InChI=1S/C10H15N3O/c1-10(2,3)9(14)13-7-8-6-11-4-5-12-8/h4-6H,7H2,1-3H3,(H,13,14). The minimum Gasteiger partial charge on any atom is -0.350 e. The van der Waals surface area contributed by atoms with Crippen molar-refractivity contribution in [3.8, 4) is 0 Å². The summed E-state index contributed by atoms with van der Waals surface area (Å²) in [6.07, 6.45) is 4.86. The summed E-state index contributed by atoms with van der Waals surface area (Å²) in [5, 5.41) is 2.80. The van der Waals surface area contributed by atoms with Crippen LogP contribution in [0.25, 0.3) is 0 Å². The molecular formula is C10H15N3O. The number of carbonyl (C=O) groups is 1. The van der Waals surface area contributed by atoms with Gasteiger partial charge >= 0.3 is 0 Å². The van der Waals surface area contributed by atoms with Gasteiger partial charge in [-0.1, -0.05) is 20.8 Å². The Morgan fingerprint density at radius 3 is 2.64 bits per heavy atom. The third kappa shape index (κ3) is 3.12. The van der Waals surface area contributed by atoms with Gasteiger partial charge < -0.3 is 5.32 Å². The van der Waals surface area contributed by atoms with E-state index < -0.39 is 0 Å². The van der Waals surface area contributed by atoms with Gasteiger partial charge in [0.25, 0.3) is 0 Å². The van der Waals surface area contributed by atoms with Gasteiger partial charge in [-0.2, -0.15) is 0 Å². The summed E-state index contributed by atoms with van der Waals surface area (Å²) in [5.41, 5.74) is 0.410. The summed E-state index contributed by atoms with van der Waals surface area (Å²) in [7, 11) is 0. The number of amides is 1. The highest BCUT2D eigenvalue weighted by Gasteiger charge is 2.20. The molecule has 4 heteroatoms. The first-order valence-electron chi connectivity index (χ1n) is 4.53. The zero-order chi connectivity index (χ0) is 10.6. The van der Waals surface area contributed by atoms with E-state index in [1.807, 2.05) is 20.8 Å². The normalized spacial score (nSPS) is 11.1. The second-order valence-electron chi connectivity index (χ2n) is 4.13. The van der Waals surface area contributed by atoms with Crippen LogP contribution in [0, 0.1) is 5.41 Å². The molecule has 14 heavy (non-hydrogen) atoms. The van der Waals surface area contributed by atoms with Crippen LogP contribution in [0.2, 0.25) is 0 Å². The highest BCUT2D eigenvalue weighted by molar-refractivity contribution is 5.81. The fraction of sp³-hybridized carbons (Fsp3) is 0.500. The van der Waals surface area contributed by atoms with E-state index in [1.54, 1.807) is 18.6 Å².